The van der Waals surface area contributed by atoms with E-state index in [9.17, 15) is 0 Å². The quantitative estimate of drug-likeness (QED) is 0.702. The molecule has 1 nitrogen and oxygen atoms in total. The van der Waals surface area contributed by atoms with E-state index in [0.29, 0.717) is 0 Å². The highest BCUT2D eigenvalue weighted by atomic mass is 79.9. The van der Waals surface area contributed by atoms with Crippen LogP contribution in [0.15, 0.2) is 22.8 Å². The van der Waals surface area contributed by atoms with Crippen molar-refractivity contribution < 1.29 is 0 Å². The highest BCUT2D eigenvalue weighted by Crippen LogP contribution is 2.26. The van der Waals surface area contributed by atoms with Gasteiger partial charge in [0.15, 0.2) is 0 Å². The van der Waals surface area contributed by atoms with Gasteiger partial charge in [0.25, 0.3) is 0 Å². The molecule has 3 heteroatoms. The summed E-state index contributed by atoms with van der Waals surface area (Å²) in [4.78, 5) is 4.48. The Morgan fingerprint density at radius 1 is 1.33 bits per heavy atom. The molecule has 0 atom stereocenters. The Labute approximate surface area is 103 Å². The first-order valence-electron chi connectivity index (χ1n) is 4.87. The lowest BCUT2D eigenvalue weighted by atomic mass is 10.1. The van der Waals surface area contributed by atoms with E-state index in [0.717, 1.165) is 32.5 Å². The number of fused-ring (bicyclic) bond motifs is 1. The average Bonchev–Trinajstić information content (AvgIpc) is 2.20. The summed E-state index contributed by atoms with van der Waals surface area (Å²) in [5.74, 6) is 0. The highest BCUT2D eigenvalue weighted by Gasteiger charge is 2.05. The predicted molar refractivity (Wildman–Crippen MR) is 68.6 cm³/mol. The van der Waals surface area contributed by atoms with Crippen LogP contribution in [0.4, 0.5) is 0 Å². The Bertz CT molecular complexity index is 523. The Hall–Kier alpha value is -0.600. The maximum Gasteiger partial charge on any atom is 0.110 e. The molecular weight excluding hydrogens is 273 g/mol. The third-order valence-corrected chi connectivity index (χ3v) is 3.60. The lowest BCUT2D eigenvalue weighted by Crippen LogP contribution is -1.89. The average molecular weight is 285 g/mol. The van der Waals surface area contributed by atoms with Crippen LogP contribution in [0, 0.1) is 6.92 Å². The summed E-state index contributed by atoms with van der Waals surface area (Å²) < 4.78 is 0.914. The zero-order chi connectivity index (χ0) is 11.0. The molecule has 0 radical (unpaired) electrons. The minimum atomic E-state index is 0.770. The number of halogens is 2. The lowest BCUT2D eigenvalue weighted by molar-refractivity contribution is 1.10. The molecule has 0 spiro atoms. The fourth-order valence-corrected chi connectivity index (χ4v) is 2.32. The minimum Gasteiger partial charge on any atom is -0.241 e. The number of benzene rings is 1. The van der Waals surface area contributed by atoms with E-state index in [2.05, 4.69) is 40.0 Å². The van der Waals surface area contributed by atoms with Gasteiger partial charge in [0.1, 0.15) is 4.60 Å². The van der Waals surface area contributed by atoms with Gasteiger partial charge in [-0.1, -0.05) is 18.5 Å². The van der Waals surface area contributed by atoms with Crippen molar-refractivity contribution in [3.05, 3.63) is 39.0 Å². The number of nitrogens with zero attached hydrogens (tertiary/aromatic N) is 1. The van der Waals surface area contributed by atoms with Gasteiger partial charge in [-0.2, -0.15) is 0 Å². The molecule has 0 aliphatic rings. The summed E-state index contributed by atoms with van der Waals surface area (Å²) in [6.45, 7) is 4.13. The van der Waals surface area contributed by atoms with E-state index < -0.39 is 0 Å². The normalized spacial score (nSPS) is 10.9. The first-order chi connectivity index (χ1) is 7.11. The Kier molecular flexibility index (Phi) is 2.98. The maximum absolute atomic E-state index is 6.06. The smallest absolute Gasteiger partial charge is 0.110 e. The molecule has 1 aromatic heterocycles. The van der Waals surface area contributed by atoms with Crippen LogP contribution in [0.1, 0.15) is 18.1 Å². The first kappa shape index (κ1) is 10.9. The minimum absolute atomic E-state index is 0.770. The standard InChI is InChI=1S/C12H11BrClN/c1-3-8-5-9-4-7(2)10(14)6-11(9)15-12(8)13/h4-6H,3H2,1-2H3. The van der Waals surface area contributed by atoms with Gasteiger partial charge in [-0.25, -0.2) is 4.98 Å². The van der Waals surface area contributed by atoms with Crippen LogP contribution in [0.2, 0.25) is 5.02 Å². The summed E-state index contributed by atoms with van der Waals surface area (Å²) in [5, 5.41) is 1.92. The molecular formula is C12H11BrClN. The fourth-order valence-electron chi connectivity index (χ4n) is 1.58. The van der Waals surface area contributed by atoms with Gasteiger partial charge in [0, 0.05) is 10.4 Å². The molecule has 15 heavy (non-hydrogen) atoms. The molecule has 1 aromatic carbocycles. The molecule has 0 fully saturated rings. The Balaban J connectivity index is 2.76. The van der Waals surface area contributed by atoms with Crippen LogP contribution < -0.4 is 0 Å². The number of aryl methyl sites for hydroxylation is 2. The Morgan fingerprint density at radius 3 is 2.73 bits per heavy atom. The summed E-state index contributed by atoms with van der Waals surface area (Å²) >= 11 is 9.52. The van der Waals surface area contributed by atoms with E-state index in [1.54, 1.807) is 0 Å². The van der Waals surface area contributed by atoms with Crippen molar-refractivity contribution in [3.8, 4) is 0 Å². The summed E-state index contributed by atoms with van der Waals surface area (Å²) in [6.07, 6.45) is 0.977. The maximum atomic E-state index is 6.06. The van der Waals surface area contributed by atoms with Crippen molar-refractivity contribution in [2.75, 3.05) is 0 Å². The van der Waals surface area contributed by atoms with Crippen molar-refractivity contribution in [1.29, 1.82) is 0 Å². The molecule has 0 N–H and O–H groups in total. The van der Waals surface area contributed by atoms with E-state index >= 15 is 0 Å². The second kappa shape index (κ2) is 4.11. The van der Waals surface area contributed by atoms with Crippen molar-refractivity contribution >= 4 is 38.4 Å². The molecule has 0 bridgehead atoms. The third kappa shape index (κ3) is 2.01. The molecule has 78 valence electrons. The number of pyridine rings is 1. The van der Waals surface area contributed by atoms with Crippen molar-refractivity contribution in [1.82, 2.24) is 4.98 Å². The molecule has 0 amide bonds. The second-order valence-electron chi connectivity index (χ2n) is 3.59. The predicted octanol–water partition coefficient (Wildman–Crippen LogP) is 4.52. The SMILES string of the molecule is CCc1cc2cc(C)c(Cl)cc2nc1Br. The van der Waals surface area contributed by atoms with Crippen LogP contribution >= 0.6 is 27.5 Å². The largest absolute Gasteiger partial charge is 0.241 e. The van der Waals surface area contributed by atoms with Crippen LogP contribution in [0.5, 0.6) is 0 Å². The van der Waals surface area contributed by atoms with Crippen LogP contribution in [0.3, 0.4) is 0 Å². The van der Waals surface area contributed by atoms with Gasteiger partial charge in [0.05, 0.1) is 5.52 Å². The molecule has 0 aliphatic heterocycles. The van der Waals surface area contributed by atoms with Gasteiger partial charge in [0.2, 0.25) is 0 Å². The Morgan fingerprint density at radius 2 is 2.07 bits per heavy atom. The summed E-state index contributed by atoms with van der Waals surface area (Å²) in [6, 6.07) is 6.16. The topological polar surface area (TPSA) is 12.9 Å². The van der Waals surface area contributed by atoms with Gasteiger partial charge in [-0.15, -0.1) is 0 Å². The second-order valence-corrected chi connectivity index (χ2v) is 4.74. The number of aromatic nitrogens is 1. The molecule has 0 saturated carbocycles. The number of hydrogen-bond donors (Lipinski definition) is 0. The third-order valence-electron chi connectivity index (χ3n) is 2.50. The molecule has 2 rings (SSSR count). The summed E-state index contributed by atoms with van der Waals surface area (Å²) in [5.41, 5.74) is 3.26. The van der Waals surface area contributed by atoms with Gasteiger partial charge in [-0.3, -0.25) is 0 Å². The van der Waals surface area contributed by atoms with E-state index in [4.69, 9.17) is 11.6 Å². The molecule has 0 aliphatic carbocycles. The van der Waals surface area contributed by atoms with E-state index in [-0.39, 0.29) is 0 Å². The fraction of sp³-hybridized carbons (Fsp3) is 0.250. The van der Waals surface area contributed by atoms with Gasteiger partial charge < -0.3 is 0 Å². The van der Waals surface area contributed by atoms with Crippen molar-refractivity contribution in [2.24, 2.45) is 0 Å². The number of hydrogen-bond acceptors (Lipinski definition) is 1. The molecule has 0 saturated heterocycles. The van der Waals surface area contributed by atoms with E-state index in [1.165, 1.54) is 5.56 Å². The zero-order valence-corrected chi connectivity index (χ0v) is 11.0. The summed E-state index contributed by atoms with van der Waals surface area (Å²) in [7, 11) is 0. The van der Waals surface area contributed by atoms with Crippen LogP contribution in [-0.4, -0.2) is 4.98 Å². The van der Waals surface area contributed by atoms with Gasteiger partial charge >= 0.3 is 0 Å². The van der Waals surface area contributed by atoms with Crippen molar-refractivity contribution in [2.45, 2.75) is 20.3 Å². The highest BCUT2D eigenvalue weighted by molar-refractivity contribution is 9.10. The molecule has 2 aromatic rings. The van der Waals surface area contributed by atoms with Crippen molar-refractivity contribution in [3.63, 3.8) is 0 Å². The van der Waals surface area contributed by atoms with Crippen LogP contribution in [0.25, 0.3) is 10.9 Å². The molecule has 1 heterocycles. The number of rotatable bonds is 1. The monoisotopic (exact) mass is 283 g/mol. The van der Waals surface area contributed by atoms with Gasteiger partial charge in [-0.05, 0) is 58.6 Å². The van der Waals surface area contributed by atoms with Crippen LogP contribution in [-0.2, 0) is 6.42 Å². The first-order valence-corrected chi connectivity index (χ1v) is 6.04. The molecule has 0 unspecified atom stereocenters. The lowest BCUT2D eigenvalue weighted by Gasteiger charge is -2.06. The van der Waals surface area contributed by atoms with E-state index in [1.807, 2.05) is 13.0 Å². The zero-order valence-electron chi connectivity index (χ0n) is 8.64.